The molecular formula is C9H15N3O4. The highest BCUT2D eigenvalue weighted by Crippen LogP contribution is 1.95. The molecule has 1 aromatic rings. The molecule has 0 aliphatic carbocycles. The molecule has 0 amide bonds. The number of aliphatic carboxylic acids is 1. The maximum atomic E-state index is 10.2. The van der Waals surface area contributed by atoms with E-state index in [0.717, 1.165) is 0 Å². The second-order valence-corrected chi connectivity index (χ2v) is 3.44. The summed E-state index contributed by atoms with van der Waals surface area (Å²) in [6.45, 7) is 2.51. The lowest BCUT2D eigenvalue weighted by Gasteiger charge is -2.08. The van der Waals surface area contributed by atoms with E-state index in [1.165, 1.54) is 0 Å². The van der Waals surface area contributed by atoms with Crippen LogP contribution in [0.2, 0.25) is 0 Å². The molecule has 0 aliphatic heterocycles. The van der Waals surface area contributed by atoms with Crippen molar-refractivity contribution in [1.82, 2.24) is 15.5 Å². The maximum Gasteiger partial charge on any atom is 0.306 e. The van der Waals surface area contributed by atoms with Gasteiger partial charge >= 0.3 is 5.97 Å². The van der Waals surface area contributed by atoms with E-state index in [0.29, 0.717) is 24.7 Å². The highest BCUT2D eigenvalue weighted by Gasteiger charge is 2.08. The van der Waals surface area contributed by atoms with E-state index in [1.54, 1.807) is 6.92 Å². The van der Waals surface area contributed by atoms with E-state index in [2.05, 4.69) is 15.5 Å². The van der Waals surface area contributed by atoms with Gasteiger partial charge in [-0.3, -0.25) is 4.79 Å². The molecule has 0 aromatic carbocycles. The number of aryl methyl sites for hydroxylation is 1. The lowest BCUT2D eigenvalue weighted by molar-refractivity contribution is -0.139. The van der Waals surface area contributed by atoms with Crippen LogP contribution >= 0.6 is 0 Å². The van der Waals surface area contributed by atoms with Crippen LogP contribution in [0.4, 0.5) is 0 Å². The van der Waals surface area contributed by atoms with Gasteiger partial charge in [0.15, 0.2) is 5.82 Å². The molecular weight excluding hydrogens is 214 g/mol. The Balaban J connectivity index is 2.10. The van der Waals surface area contributed by atoms with Gasteiger partial charge in [0.05, 0.1) is 12.5 Å². The van der Waals surface area contributed by atoms with Crippen molar-refractivity contribution in [2.45, 2.75) is 25.9 Å². The van der Waals surface area contributed by atoms with Gasteiger partial charge in [-0.05, 0) is 0 Å². The number of carboxylic acid groups (broad SMARTS) is 1. The number of hydrogen-bond acceptors (Lipinski definition) is 6. The molecule has 1 rings (SSSR count). The van der Waals surface area contributed by atoms with E-state index in [1.807, 2.05) is 0 Å². The number of aliphatic hydroxyl groups is 1. The summed E-state index contributed by atoms with van der Waals surface area (Å²) in [5.74, 6) is 0.0988. The van der Waals surface area contributed by atoms with Gasteiger partial charge in [-0.2, -0.15) is 4.98 Å². The van der Waals surface area contributed by atoms with Gasteiger partial charge in [-0.25, -0.2) is 0 Å². The number of nitrogens with one attached hydrogen (secondary N) is 1. The Hall–Kier alpha value is -1.47. The molecule has 1 atom stereocenters. The molecule has 0 aliphatic rings. The first-order valence-electron chi connectivity index (χ1n) is 4.97. The number of nitrogens with zero attached hydrogens (tertiary/aromatic N) is 2. The zero-order valence-electron chi connectivity index (χ0n) is 9.01. The molecule has 0 spiro atoms. The molecule has 0 radical (unpaired) electrons. The fourth-order valence-electron chi connectivity index (χ4n) is 1.19. The minimum atomic E-state index is -1.01. The molecule has 16 heavy (non-hydrogen) atoms. The monoisotopic (exact) mass is 229 g/mol. The van der Waals surface area contributed by atoms with Crippen molar-refractivity contribution in [3.05, 3.63) is 11.7 Å². The second-order valence-electron chi connectivity index (χ2n) is 3.44. The van der Waals surface area contributed by atoms with Crippen LogP contribution in [0.3, 0.4) is 0 Å². The summed E-state index contributed by atoms with van der Waals surface area (Å²) in [7, 11) is 0. The predicted octanol–water partition coefficient (Wildman–Crippen LogP) is -0.654. The molecule has 7 nitrogen and oxygen atoms in total. The average molecular weight is 229 g/mol. The van der Waals surface area contributed by atoms with Crippen LogP contribution in [0.1, 0.15) is 18.1 Å². The Labute approximate surface area is 92.5 Å². The fourth-order valence-corrected chi connectivity index (χ4v) is 1.19. The summed E-state index contributed by atoms with van der Waals surface area (Å²) in [6, 6.07) is 0. The third-order valence-electron chi connectivity index (χ3n) is 1.89. The summed E-state index contributed by atoms with van der Waals surface area (Å²) in [4.78, 5) is 14.2. The van der Waals surface area contributed by atoms with E-state index in [-0.39, 0.29) is 13.0 Å². The van der Waals surface area contributed by atoms with Crippen molar-refractivity contribution in [2.75, 3.05) is 13.1 Å². The molecule has 0 saturated heterocycles. The molecule has 3 N–H and O–H groups in total. The second kappa shape index (κ2) is 6.19. The minimum absolute atomic E-state index is 0.239. The number of carbonyl (C=O) groups is 1. The van der Waals surface area contributed by atoms with Crippen LogP contribution in [0.5, 0.6) is 0 Å². The predicted molar refractivity (Wildman–Crippen MR) is 53.9 cm³/mol. The number of aromatic nitrogens is 2. The van der Waals surface area contributed by atoms with E-state index < -0.39 is 12.1 Å². The lowest BCUT2D eigenvalue weighted by atomic mass is 10.2. The van der Waals surface area contributed by atoms with Crippen LogP contribution in [0.15, 0.2) is 4.52 Å². The van der Waals surface area contributed by atoms with Crippen molar-refractivity contribution < 1.29 is 19.5 Å². The van der Waals surface area contributed by atoms with Gasteiger partial charge in [-0.1, -0.05) is 5.16 Å². The zero-order valence-corrected chi connectivity index (χ0v) is 9.01. The molecule has 1 unspecified atom stereocenters. The SMILES string of the molecule is Cc1nc(CCNCC(O)CC(=O)O)no1. The van der Waals surface area contributed by atoms with Crippen LogP contribution in [0, 0.1) is 6.92 Å². The Kier molecular flexibility index (Phi) is 4.87. The van der Waals surface area contributed by atoms with E-state index >= 15 is 0 Å². The van der Waals surface area contributed by atoms with Gasteiger partial charge in [0.2, 0.25) is 5.89 Å². The van der Waals surface area contributed by atoms with E-state index in [9.17, 15) is 9.90 Å². The topological polar surface area (TPSA) is 108 Å². The molecule has 0 saturated carbocycles. The number of carboxylic acids is 1. The smallest absolute Gasteiger partial charge is 0.306 e. The van der Waals surface area contributed by atoms with Gasteiger partial charge in [-0.15, -0.1) is 0 Å². The normalized spacial score (nSPS) is 12.6. The summed E-state index contributed by atoms with van der Waals surface area (Å²) >= 11 is 0. The van der Waals surface area contributed by atoms with Crippen molar-refractivity contribution in [1.29, 1.82) is 0 Å². The third kappa shape index (κ3) is 4.85. The van der Waals surface area contributed by atoms with Crippen molar-refractivity contribution in [3.8, 4) is 0 Å². The molecule has 1 heterocycles. The van der Waals surface area contributed by atoms with Crippen LogP contribution < -0.4 is 5.32 Å². The Morgan fingerprint density at radius 1 is 1.62 bits per heavy atom. The summed E-state index contributed by atoms with van der Waals surface area (Å²) < 4.78 is 4.78. The fraction of sp³-hybridized carbons (Fsp3) is 0.667. The number of aliphatic hydroxyl groups excluding tert-OH is 1. The summed E-state index contributed by atoms with van der Waals surface area (Å²) in [5.41, 5.74) is 0. The van der Waals surface area contributed by atoms with Gasteiger partial charge < -0.3 is 20.1 Å². The summed E-state index contributed by atoms with van der Waals surface area (Å²) in [5, 5.41) is 24.2. The van der Waals surface area contributed by atoms with Crippen LogP contribution in [0.25, 0.3) is 0 Å². The molecule has 90 valence electrons. The Morgan fingerprint density at radius 3 is 2.94 bits per heavy atom. The number of hydrogen-bond donors (Lipinski definition) is 3. The maximum absolute atomic E-state index is 10.2. The van der Waals surface area contributed by atoms with Crippen molar-refractivity contribution in [3.63, 3.8) is 0 Å². The minimum Gasteiger partial charge on any atom is -0.481 e. The molecule has 1 aromatic heterocycles. The number of rotatable bonds is 7. The summed E-state index contributed by atoms with van der Waals surface area (Å²) in [6.07, 6.45) is -0.546. The average Bonchev–Trinajstić information content (AvgIpc) is 2.58. The largest absolute Gasteiger partial charge is 0.481 e. The first-order chi connectivity index (χ1) is 7.58. The highest BCUT2D eigenvalue weighted by atomic mass is 16.5. The molecule has 0 fully saturated rings. The molecule has 7 heteroatoms. The van der Waals surface area contributed by atoms with Gasteiger partial charge in [0.1, 0.15) is 0 Å². The Morgan fingerprint density at radius 2 is 2.38 bits per heavy atom. The van der Waals surface area contributed by atoms with Crippen LogP contribution in [-0.4, -0.2) is 45.5 Å². The Bertz CT molecular complexity index is 339. The van der Waals surface area contributed by atoms with Gasteiger partial charge in [0.25, 0.3) is 0 Å². The van der Waals surface area contributed by atoms with Crippen LogP contribution in [-0.2, 0) is 11.2 Å². The first-order valence-corrected chi connectivity index (χ1v) is 4.97. The zero-order chi connectivity index (χ0) is 12.0. The first kappa shape index (κ1) is 12.6. The van der Waals surface area contributed by atoms with Crippen molar-refractivity contribution in [2.24, 2.45) is 0 Å². The van der Waals surface area contributed by atoms with E-state index in [4.69, 9.17) is 9.63 Å². The standard InChI is InChI=1S/C9H15N3O4/c1-6-11-8(12-16-6)2-3-10-5-7(13)4-9(14)15/h7,10,13H,2-5H2,1H3,(H,14,15). The lowest BCUT2D eigenvalue weighted by Crippen LogP contribution is -2.30. The quantitative estimate of drug-likeness (QED) is 0.533. The highest BCUT2D eigenvalue weighted by molar-refractivity contribution is 5.67. The van der Waals surface area contributed by atoms with Gasteiger partial charge in [0, 0.05) is 26.4 Å². The third-order valence-corrected chi connectivity index (χ3v) is 1.89. The van der Waals surface area contributed by atoms with Crippen molar-refractivity contribution >= 4 is 5.97 Å². The molecule has 0 bridgehead atoms.